The molecule has 17 nitrogen and oxygen atoms in total. The van der Waals surface area contributed by atoms with Crippen molar-refractivity contribution in [1.29, 1.82) is 0 Å². The average Bonchev–Trinajstić information content (AvgIpc) is 2.75. The van der Waals surface area contributed by atoms with E-state index in [-0.39, 0.29) is 6.42 Å². The van der Waals surface area contributed by atoms with Crippen LogP contribution in [0.3, 0.4) is 0 Å². The summed E-state index contributed by atoms with van der Waals surface area (Å²) in [7, 11) is 0. The smallest absolute Gasteiger partial charge is 0.326 e. The highest BCUT2D eigenvalue weighted by molar-refractivity contribution is 5.96. The van der Waals surface area contributed by atoms with E-state index >= 15 is 0 Å². The van der Waals surface area contributed by atoms with Gasteiger partial charge in [-0.25, -0.2) is 4.79 Å². The number of primary amides is 1. The molecule has 0 aliphatic heterocycles. The van der Waals surface area contributed by atoms with Crippen LogP contribution in [-0.4, -0.2) is 92.1 Å². The first-order valence-corrected chi connectivity index (χ1v) is 10.5. The minimum Gasteiger partial charge on any atom is -0.481 e. The molecular formula is C19H29N5O12. The van der Waals surface area contributed by atoms with Crippen molar-refractivity contribution < 1.29 is 58.8 Å². The number of carbonyl (C=O) groups excluding carboxylic acids is 4. The van der Waals surface area contributed by atoms with E-state index in [0.717, 1.165) is 0 Å². The molecule has 0 saturated carbocycles. The standard InChI is InChI=1S/C19H29N5O12/c20-8(1-5-13(26)27)16(32)24-11(7-15(30)31)18(34)22-9(2-4-12(21)25)17(33)23-10(19(35)36)3-6-14(28)29/h8-11H,1-7,20H2,(H2,21,25)(H,22,34)(H,23,33)(H,24,32)(H,26,27)(H,28,29)(H,30,31)(H,35,36). The number of aliphatic carboxylic acids is 4. The molecule has 0 spiro atoms. The fraction of sp³-hybridized carbons (Fsp3) is 0.579. The summed E-state index contributed by atoms with van der Waals surface area (Å²) in [5, 5.41) is 41.8. The van der Waals surface area contributed by atoms with Gasteiger partial charge in [-0.3, -0.25) is 33.6 Å². The molecule has 0 aromatic carbocycles. The van der Waals surface area contributed by atoms with Crippen molar-refractivity contribution in [2.45, 2.75) is 69.1 Å². The molecule has 0 radical (unpaired) electrons. The van der Waals surface area contributed by atoms with Crippen LogP contribution in [0, 0.1) is 0 Å². The summed E-state index contributed by atoms with van der Waals surface area (Å²) < 4.78 is 0. The van der Waals surface area contributed by atoms with Crippen LogP contribution in [0.15, 0.2) is 0 Å². The number of amides is 4. The van der Waals surface area contributed by atoms with Gasteiger partial charge in [-0.2, -0.15) is 0 Å². The Morgan fingerprint density at radius 3 is 1.50 bits per heavy atom. The lowest BCUT2D eigenvalue weighted by Crippen LogP contribution is -2.57. The lowest BCUT2D eigenvalue weighted by molar-refractivity contribution is -0.144. The van der Waals surface area contributed by atoms with Gasteiger partial charge >= 0.3 is 23.9 Å². The van der Waals surface area contributed by atoms with Crippen LogP contribution in [0.5, 0.6) is 0 Å². The number of carboxylic acids is 4. The van der Waals surface area contributed by atoms with E-state index in [1.807, 2.05) is 10.6 Å². The molecule has 0 aliphatic rings. The Morgan fingerprint density at radius 1 is 0.583 bits per heavy atom. The molecule has 0 aromatic rings. The van der Waals surface area contributed by atoms with E-state index in [0.29, 0.717) is 0 Å². The highest BCUT2D eigenvalue weighted by Gasteiger charge is 2.31. The summed E-state index contributed by atoms with van der Waals surface area (Å²) in [4.78, 5) is 92.5. The van der Waals surface area contributed by atoms with Crippen molar-refractivity contribution in [3.63, 3.8) is 0 Å². The molecule has 0 heterocycles. The third-order valence-corrected chi connectivity index (χ3v) is 4.59. The topological polar surface area (TPSA) is 306 Å². The summed E-state index contributed by atoms with van der Waals surface area (Å²) in [6, 6.07) is -6.46. The van der Waals surface area contributed by atoms with Gasteiger partial charge in [0.2, 0.25) is 23.6 Å². The Labute approximate surface area is 203 Å². The quantitative estimate of drug-likeness (QED) is 0.0843. The molecule has 0 aromatic heterocycles. The monoisotopic (exact) mass is 519 g/mol. The average molecular weight is 519 g/mol. The first kappa shape index (κ1) is 31.7. The number of hydrogen-bond donors (Lipinski definition) is 9. The number of rotatable bonds is 18. The molecule has 0 bridgehead atoms. The molecule has 4 amide bonds. The number of hydrogen-bond acceptors (Lipinski definition) is 9. The van der Waals surface area contributed by atoms with Gasteiger partial charge in [0.15, 0.2) is 0 Å². The summed E-state index contributed by atoms with van der Waals surface area (Å²) >= 11 is 0. The Morgan fingerprint density at radius 2 is 1.03 bits per heavy atom. The first-order valence-electron chi connectivity index (χ1n) is 10.5. The van der Waals surface area contributed by atoms with Gasteiger partial charge in [0.25, 0.3) is 0 Å². The third kappa shape index (κ3) is 13.4. The summed E-state index contributed by atoms with van der Waals surface area (Å²) in [5.74, 6) is -9.97. The van der Waals surface area contributed by atoms with Crippen molar-refractivity contribution in [1.82, 2.24) is 16.0 Å². The van der Waals surface area contributed by atoms with E-state index in [1.165, 1.54) is 0 Å². The molecule has 4 unspecified atom stereocenters. The number of carbonyl (C=O) groups is 8. The van der Waals surface area contributed by atoms with Crippen LogP contribution in [0.25, 0.3) is 0 Å². The largest absolute Gasteiger partial charge is 0.481 e. The number of nitrogens with two attached hydrogens (primary N) is 2. The maximum atomic E-state index is 12.7. The van der Waals surface area contributed by atoms with Crippen LogP contribution in [0.1, 0.15) is 44.9 Å². The van der Waals surface area contributed by atoms with E-state index in [1.54, 1.807) is 0 Å². The normalized spacial score (nSPS) is 13.8. The molecule has 4 atom stereocenters. The van der Waals surface area contributed by atoms with Crippen LogP contribution >= 0.6 is 0 Å². The van der Waals surface area contributed by atoms with Crippen molar-refractivity contribution in [2.24, 2.45) is 11.5 Å². The van der Waals surface area contributed by atoms with Crippen LogP contribution in [0.2, 0.25) is 0 Å². The maximum absolute atomic E-state index is 12.7. The molecule has 0 saturated heterocycles. The second kappa shape index (κ2) is 15.6. The van der Waals surface area contributed by atoms with E-state index in [2.05, 4.69) is 5.32 Å². The van der Waals surface area contributed by atoms with Crippen molar-refractivity contribution in [3.05, 3.63) is 0 Å². The molecule has 202 valence electrons. The Balaban J connectivity index is 5.59. The Hall–Kier alpha value is -4.28. The second-order valence-corrected chi connectivity index (χ2v) is 7.60. The van der Waals surface area contributed by atoms with E-state index < -0.39 is 110 Å². The van der Waals surface area contributed by atoms with Gasteiger partial charge < -0.3 is 47.8 Å². The summed E-state index contributed by atoms with van der Waals surface area (Å²) in [6.07, 6.45) is -3.77. The highest BCUT2D eigenvalue weighted by Crippen LogP contribution is 2.05. The van der Waals surface area contributed by atoms with Crippen molar-refractivity contribution in [2.75, 3.05) is 0 Å². The maximum Gasteiger partial charge on any atom is 0.326 e. The van der Waals surface area contributed by atoms with Gasteiger partial charge in [0, 0.05) is 19.3 Å². The van der Waals surface area contributed by atoms with Gasteiger partial charge in [-0.05, 0) is 19.3 Å². The molecule has 0 aliphatic carbocycles. The zero-order chi connectivity index (χ0) is 28.0. The minimum absolute atomic E-state index is 0.320. The molecular weight excluding hydrogens is 490 g/mol. The molecule has 0 rings (SSSR count). The number of nitrogens with one attached hydrogen (secondary N) is 3. The summed E-state index contributed by atoms with van der Waals surface area (Å²) in [6.45, 7) is 0. The van der Waals surface area contributed by atoms with Crippen LogP contribution < -0.4 is 27.4 Å². The fourth-order valence-corrected chi connectivity index (χ4v) is 2.70. The van der Waals surface area contributed by atoms with Crippen LogP contribution in [0.4, 0.5) is 0 Å². The highest BCUT2D eigenvalue weighted by atomic mass is 16.4. The van der Waals surface area contributed by atoms with Crippen molar-refractivity contribution >= 4 is 47.5 Å². The molecule has 36 heavy (non-hydrogen) atoms. The minimum atomic E-state index is -1.78. The predicted molar refractivity (Wildman–Crippen MR) is 116 cm³/mol. The van der Waals surface area contributed by atoms with Gasteiger partial charge in [0.05, 0.1) is 12.5 Å². The lowest BCUT2D eigenvalue weighted by Gasteiger charge is -2.24. The SMILES string of the molecule is NC(=O)CCC(NC(=O)C(CC(=O)O)NC(=O)C(N)CCC(=O)O)C(=O)NC(CCC(=O)O)C(=O)O. The molecule has 0 fully saturated rings. The number of carboxylic acid groups (broad SMARTS) is 4. The molecule has 11 N–H and O–H groups in total. The van der Waals surface area contributed by atoms with E-state index in [4.69, 9.17) is 26.8 Å². The van der Waals surface area contributed by atoms with Crippen LogP contribution in [-0.2, 0) is 38.4 Å². The van der Waals surface area contributed by atoms with Gasteiger partial charge in [-0.1, -0.05) is 0 Å². The Kier molecular flexibility index (Phi) is 13.7. The first-order chi connectivity index (χ1) is 16.6. The summed E-state index contributed by atoms with van der Waals surface area (Å²) in [5.41, 5.74) is 10.6. The third-order valence-electron chi connectivity index (χ3n) is 4.59. The van der Waals surface area contributed by atoms with Gasteiger partial charge in [-0.15, -0.1) is 0 Å². The zero-order valence-corrected chi connectivity index (χ0v) is 19.0. The lowest BCUT2D eigenvalue weighted by atomic mass is 10.1. The van der Waals surface area contributed by atoms with E-state index in [9.17, 15) is 43.5 Å². The second-order valence-electron chi connectivity index (χ2n) is 7.60. The van der Waals surface area contributed by atoms with Crippen molar-refractivity contribution in [3.8, 4) is 0 Å². The fourth-order valence-electron chi connectivity index (χ4n) is 2.70. The van der Waals surface area contributed by atoms with Gasteiger partial charge in [0.1, 0.15) is 18.1 Å². The molecule has 17 heteroatoms. The zero-order valence-electron chi connectivity index (χ0n) is 19.0. The predicted octanol–water partition coefficient (Wildman–Crippen LogP) is -3.68. The Bertz CT molecular complexity index is 877.